The van der Waals surface area contributed by atoms with Crippen molar-refractivity contribution in [2.75, 3.05) is 40.0 Å². The average molecular weight is 406 g/mol. The van der Waals surface area contributed by atoms with Crippen LogP contribution < -0.4 is 15.8 Å². The molecule has 1 amide bonds. The number of hydrogen-bond acceptors (Lipinski definition) is 5. The lowest BCUT2D eigenvalue weighted by atomic mass is 10.0. The van der Waals surface area contributed by atoms with Gasteiger partial charge in [-0.3, -0.25) is 9.69 Å². The summed E-state index contributed by atoms with van der Waals surface area (Å²) < 4.78 is 10.7. The van der Waals surface area contributed by atoms with Crippen molar-refractivity contribution >= 4 is 18.3 Å². The van der Waals surface area contributed by atoms with Crippen LogP contribution >= 0.6 is 12.4 Å². The van der Waals surface area contributed by atoms with E-state index >= 15 is 0 Å². The maximum absolute atomic E-state index is 12.6. The molecule has 3 rings (SSSR count). The highest BCUT2D eigenvalue weighted by molar-refractivity contribution is 5.94. The number of amides is 1. The topological polar surface area (TPSA) is 76.8 Å². The summed E-state index contributed by atoms with van der Waals surface area (Å²) >= 11 is 0. The Morgan fingerprint density at radius 2 is 1.79 bits per heavy atom. The Hall–Kier alpha value is -2.12. The summed E-state index contributed by atoms with van der Waals surface area (Å²) in [6, 6.07) is 15.5. The summed E-state index contributed by atoms with van der Waals surface area (Å²) in [5.41, 5.74) is 8.42. The molecule has 1 atom stereocenters. The summed E-state index contributed by atoms with van der Waals surface area (Å²) in [6.45, 7) is 4.11. The first-order chi connectivity index (χ1) is 13.2. The molecule has 7 heteroatoms. The highest BCUT2D eigenvalue weighted by Gasteiger charge is 2.23. The fourth-order valence-electron chi connectivity index (χ4n) is 3.26. The number of hydrogen-bond donors (Lipinski definition) is 2. The van der Waals surface area contributed by atoms with Crippen LogP contribution in [0.1, 0.15) is 27.5 Å². The first kappa shape index (κ1) is 22.2. The van der Waals surface area contributed by atoms with Crippen LogP contribution in [0.2, 0.25) is 0 Å². The number of nitrogens with two attached hydrogens (primary N) is 1. The molecule has 1 fully saturated rings. The van der Waals surface area contributed by atoms with Gasteiger partial charge >= 0.3 is 0 Å². The maximum Gasteiger partial charge on any atom is 0.251 e. The smallest absolute Gasteiger partial charge is 0.251 e. The molecule has 2 aromatic rings. The Balaban J connectivity index is 0.00000280. The zero-order valence-electron chi connectivity index (χ0n) is 16.1. The van der Waals surface area contributed by atoms with Crippen molar-refractivity contribution in [2.45, 2.75) is 12.6 Å². The van der Waals surface area contributed by atoms with Gasteiger partial charge in [-0.25, -0.2) is 0 Å². The molecule has 1 heterocycles. The van der Waals surface area contributed by atoms with Crippen molar-refractivity contribution in [3.8, 4) is 5.75 Å². The SMILES string of the molecule is COc1ccc(C(CNC(=O)c2ccc(CN)cc2)N2CCOCC2)cc1.Cl. The van der Waals surface area contributed by atoms with Crippen molar-refractivity contribution in [3.05, 3.63) is 65.2 Å². The molecule has 0 saturated carbocycles. The molecule has 152 valence electrons. The van der Waals surface area contributed by atoms with Crippen LogP contribution in [0.3, 0.4) is 0 Å². The van der Waals surface area contributed by atoms with Crippen LogP contribution in [-0.2, 0) is 11.3 Å². The summed E-state index contributed by atoms with van der Waals surface area (Å²) in [4.78, 5) is 14.9. The quantitative estimate of drug-likeness (QED) is 0.739. The van der Waals surface area contributed by atoms with Gasteiger partial charge in [-0.05, 0) is 35.4 Å². The molecular weight excluding hydrogens is 378 g/mol. The van der Waals surface area contributed by atoms with Gasteiger partial charge in [0.1, 0.15) is 5.75 Å². The van der Waals surface area contributed by atoms with Gasteiger partial charge in [0, 0.05) is 31.7 Å². The summed E-state index contributed by atoms with van der Waals surface area (Å²) in [5, 5.41) is 3.08. The number of morpholine rings is 1. The minimum atomic E-state index is -0.0784. The van der Waals surface area contributed by atoms with Crippen LogP contribution in [0, 0.1) is 0 Å². The molecule has 0 aliphatic carbocycles. The van der Waals surface area contributed by atoms with Crippen LogP contribution in [0.4, 0.5) is 0 Å². The molecule has 1 aliphatic heterocycles. The lowest BCUT2D eigenvalue weighted by Gasteiger charge is -2.35. The van der Waals surface area contributed by atoms with E-state index < -0.39 is 0 Å². The number of benzene rings is 2. The van der Waals surface area contributed by atoms with Gasteiger partial charge in [-0.1, -0.05) is 24.3 Å². The second-order valence-corrected chi connectivity index (χ2v) is 6.55. The molecule has 0 bridgehead atoms. The third-order valence-corrected chi connectivity index (χ3v) is 4.89. The lowest BCUT2D eigenvalue weighted by molar-refractivity contribution is 0.0162. The van der Waals surface area contributed by atoms with Crippen molar-refractivity contribution in [2.24, 2.45) is 5.73 Å². The van der Waals surface area contributed by atoms with Gasteiger partial charge in [0.15, 0.2) is 0 Å². The van der Waals surface area contributed by atoms with Crippen LogP contribution in [-0.4, -0.2) is 50.8 Å². The molecule has 0 radical (unpaired) electrons. The standard InChI is InChI=1S/C21H27N3O3.ClH/c1-26-19-8-6-17(7-9-19)20(24-10-12-27-13-11-24)15-23-21(25)18-4-2-16(14-22)3-5-18;/h2-9,20H,10-15,22H2,1H3,(H,23,25);1H. The van der Waals surface area contributed by atoms with Gasteiger partial charge in [0.25, 0.3) is 5.91 Å². The van der Waals surface area contributed by atoms with E-state index in [4.69, 9.17) is 15.2 Å². The first-order valence-corrected chi connectivity index (χ1v) is 9.24. The molecule has 1 saturated heterocycles. The monoisotopic (exact) mass is 405 g/mol. The van der Waals surface area contributed by atoms with E-state index in [0.717, 1.165) is 30.0 Å². The molecule has 2 aromatic carbocycles. The zero-order chi connectivity index (χ0) is 19.1. The van der Waals surface area contributed by atoms with E-state index in [-0.39, 0.29) is 24.4 Å². The molecule has 1 aliphatic rings. The average Bonchev–Trinajstić information content (AvgIpc) is 2.75. The van der Waals surface area contributed by atoms with E-state index in [1.165, 1.54) is 0 Å². The number of nitrogens with zero attached hydrogens (tertiary/aromatic N) is 1. The molecular formula is C21H28ClN3O3. The Kier molecular flexibility index (Phi) is 8.73. The largest absolute Gasteiger partial charge is 0.497 e. The van der Waals surface area contributed by atoms with Crippen LogP contribution in [0.25, 0.3) is 0 Å². The fraction of sp³-hybridized carbons (Fsp3) is 0.381. The number of methoxy groups -OCH3 is 1. The summed E-state index contributed by atoms with van der Waals surface area (Å²) in [7, 11) is 1.66. The number of rotatable bonds is 7. The lowest BCUT2D eigenvalue weighted by Crippen LogP contribution is -2.43. The van der Waals surface area contributed by atoms with Gasteiger partial charge < -0.3 is 20.5 Å². The third kappa shape index (κ3) is 5.69. The number of halogens is 1. The van der Waals surface area contributed by atoms with E-state index in [9.17, 15) is 4.79 Å². The van der Waals surface area contributed by atoms with E-state index in [0.29, 0.717) is 31.9 Å². The minimum absolute atomic E-state index is 0. The van der Waals surface area contributed by atoms with Crippen molar-refractivity contribution in [1.29, 1.82) is 0 Å². The van der Waals surface area contributed by atoms with Gasteiger partial charge in [0.05, 0.1) is 26.4 Å². The zero-order valence-corrected chi connectivity index (χ0v) is 16.9. The number of carbonyl (C=O) groups excluding carboxylic acids is 1. The van der Waals surface area contributed by atoms with Crippen LogP contribution in [0.15, 0.2) is 48.5 Å². The molecule has 3 N–H and O–H groups in total. The highest BCUT2D eigenvalue weighted by atomic mass is 35.5. The second kappa shape index (κ2) is 11.0. The summed E-state index contributed by atoms with van der Waals surface area (Å²) in [5.74, 6) is 0.744. The molecule has 6 nitrogen and oxygen atoms in total. The van der Waals surface area contributed by atoms with E-state index in [1.54, 1.807) is 7.11 Å². The Bertz CT molecular complexity index is 732. The maximum atomic E-state index is 12.6. The predicted molar refractivity (Wildman–Crippen MR) is 112 cm³/mol. The molecule has 28 heavy (non-hydrogen) atoms. The Labute approximate surface area is 172 Å². The van der Waals surface area contributed by atoms with E-state index in [2.05, 4.69) is 22.3 Å². The predicted octanol–water partition coefficient (Wildman–Crippen LogP) is 2.38. The number of ether oxygens (including phenoxy) is 2. The number of carbonyl (C=O) groups is 1. The molecule has 1 unspecified atom stereocenters. The molecule has 0 spiro atoms. The van der Waals surface area contributed by atoms with Crippen molar-refractivity contribution < 1.29 is 14.3 Å². The number of nitrogens with one attached hydrogen (secondary N) is 1. The third-order valence-electron chi connectivity index (χ3n) is 4.89. The van der Waals surface area contributed by atoms with Crippen molar-refractivity contribution in [1.82, 2.24) is 10.2 Å². The van der Waals surface area contributed by atoms with Crippen molar-refractivity contribution in [3.63, 3.8) is 0 Å². The molecule has 0 aromatic heterocycles. The van der Waals surface area contributed by atoms with Gasteiger partial charge in [-0.2, -0.15) is 0 Å². The van der Waals surface area contributed by atoms with Gasteiger partial charge in [-0.15, -0.1) is 12.4 Å². The Morgan fingerprint density at radius 3 is 2.36 bits per heavy atom. The fourth-order valence-corrected chi connectivity index (χ4v) is 3.26. The normalized spacial score (nSPS) is 15.4. The second-order valence-electron chi connectivity index (χ2n) is 6.55. The summed E-state index contributed by atoms with van der Waals surface area (Å²) in [6.07, 6.45) is 0. The highest BCUT2D eigenvalue weighted by Crippen LogP contribution is 2.23. The first-order valence-electron chi connectivity index (χ1n) is 9.24. The Morgan fingerprint density at radius 1 is 1.14 bits per heavy atom. The van der Waals surface area contributed by atoms with Crippen LogP contribution in [0.5, 0.6) is 5.75 Å². The van der Waals surface area contributed by atoms with Gasteiger partial charge in [0.2, 0.25) is 0 Å². The minimum Gasteiger partial charge on any atom is -0.497 e. The van der Waals surface area contributed by atoms with E-state index in [1.807, 2.05) is 36.4 Å².